The fraction of sp³-hybridized carbons (Fsp3) is 0.579. The van der Waals surface area contributed by atoms with Gasteiger partial charge in [0.2, 0.25) is 15.9 Å². The number of benzene rings is 1. The molecule has 1 aromatic rings. The van der Waals surface area contributed by atoms with E-state index in [0.717, 1.165) is 4.31 Å². The Labute approximate surface area is 180 Å². The Kier molecular flexibility index (Phi) is 6.25. The number of carbonyl (C=O) groups is 1. The average molecular weight is 483 g/mol. The van der Waals surface area contributed by atoms with Crippen molar-refractivity contribution < 1.29 is 39.6 Å². The number of amides is 1. The van der Waals surface area contributed by atoms with E-state index in [9.17, 15) is 44.8 Å². The van der Waals surface area contributed by atoms with Crippen LogP contribution in [0.15, 0.2) is 23.1 Å². The second kappa shape index (κ2) is 8.22. The van der Waals surface area contributed by atoms with Crippen LogP contribution in [0.4, 0.5) is 26.3 Å². The van der Waals surface area contributed by atoms with Gasteiger partial charge in [-0.3, -0.25) is 4.79 Å². The van der Waals surface area contributed by atoms with Crippen molar-refractivity contribution in [3.63, 3.8) is 0 Å². The van der Waals surface area contributed by atoms with Crippen LogP contribution in [-0.2, 0) is 27.2 Å². The van der Waals surface area contributed by atoms with Crippen LogP contribution in [0.3, 0.4) is 0 Å². The summed E-state index contributed by atoms with van der Waals surface area (Å²) in [5, 5.41) is 9.44. The number of carbonyl (C=O) groups excluding carboxylic acids is 1. The molecule has 0 N–H and O–H groups in total. The van der Waals surface area contributed by atoms with Crippen LogP contribution in [0.25, 0.3) is 0 Å². The molecule has 1 aliphatic heterocycles. The Hall–Kier alpha value is -2.33. The van der Waals surface area contributed by atoms with Gasteiger partial charge in [0.25, 0.3) is 0 Å². The highest BCUT2D eigenvalue weighted by Gasteiger charge is 2.45. The van der Waals surface area contributed by atoms with Crippen molar-refractivity contribution in [3.05, 3.63) is 29.3 Å². The first kappa shape index (κ1) is 24.3. The van der Waals surface area contributed by atoms with Gasteiger partial charge in [0.1, 0.15) is 5.41 Å². The zero-order chi connectivity index (χ0) is 23.9. The van der Waals surface area contributed by atoms with Gasteiger partial charge in [0.15, 0.2) is 0 Å². The minimum Gasteiger partial charge on any atom is -0.339 e. The first-order valence-electron chi connectivity index (χ1n) is 9.71. The molecule has 0 bridgehead atoms. The monoisotopic (exact) mass is 483 g/mol. The summed E-state index contributed by atoms with van der Waals surface area (Å²) in [5.41, 5.74) is -4.61. The number of alkyl halides is 6. The van der Waals surface area contributed by atoms with Crippen molar-refractivity contribution in [2.75, 3.05) is 26.2 Å². The van der Waals surface area contributed by atoms with Crippen LogP contribution in [0.5, 0.6) is 0 Å². The van der Waals surface area contributed by atoms with Gasteiger partial charge in [-0.15, -0.1) is 0 Å². The molecule has 0 atom stereocenters. The molecule has 1 saturated heterocycles. The van der Waals surface area contributed by atoms with E-state index in [1.54, 1.807) is 0 Å². The highest BCUT2D eigenvalue weighted by atomic mass is 32.2. The average Bonchev–Trinajstić information content (AvgIpc) is 3.22. The maximum atomic E-state index is 13.1. The van der Waals surface area contributed by atoms with Crippen LogP contribution < -0.4 is 0 Å². The molecule has 6 nitrogen and oxygen atoms in total. The van der Waals surface area contributed by atoms with Gasteiger partial charge in [0, 0.05) is 26.2 Å². The van der Waals surface area contributed by atoms with Crippen LogP contribution >= 0.6 is 0 Å². The van der Waals surface area contributed by atoms with E-state index in [1.807, 2.05) is 6.07 Å². The molecule has 3 rings (SSSR count). The fourth-order valence-electron chi connectivity index (χ4n) is 4.01. The second-order valence-corrected chi connectivity index (χ2v) is 9.78. The topological polar surface area (TPSA) is 81.5 Å². The summed E-state index contributed by atoms with van der Waals surface area (Å²) in [4.78, 5) is 13.0. The van der Waals surface area contributed by atoms with Gasteiger partial charge in [-0.1, -0.05) is 12.8 Å². The lowest BCUT2D eigenvalue weighted by molar-refractivity contribution is -0.143. The van der Waals surface area contributed by atoms with E-state index in [-0.39, 0.29) is 44.4 Å². The molecule has 1 aromatic carbocycles. The zero-order valence-corrected chi connectivity index (χ0v) is 17.4. The largest absolute Gasteiger partial charge is 0.416 e. The van der Waals surface area contributed by atoms with Crippen molar-refractivity contribution in [2.45, 2.75) is 42.9 Å². The lowest BCUT2D eigenvalue weighted by Gasteiger charge is -2.37. The van der Waals surface area contributed by atoms with Gasteiger partial charge in [-0.2, -0.15) is 35.9 Å². The predicted molar refractivity (Wildman–Crippen MR) is 98.3 cm³/mol. The summed E-state index contributed by atoms with van der Waals surface area (Å²) >= 11 is 0. The molecule has 1 heterocycles. The lowest BCUT2D eigenvalue weighted by atomic mass is 9.86. The molecule has 2 fully saturated rings. The number of nitrogens with zero attached hydrogens (tertiary/aromatic N) is 3. The number of sulfonamides is 1. The Balaban J connectivity index is 1.84. The standard InChI is InChI=1S/C19H19F6N3O3S/c20-18(21,22)13-9-14(19(23,24)25)11-15(10-13)32(30,31)28-7-5-27(6-8-28)16(29)17(12-26)3-1-2-4-17/h9-11H,1-8H2. The SMILES string of the molecule is N#CC1(C(=O)N2CCN(S(=O)(=O)c3cc(C(F)(F)F)cc(C(F)(F)F)c3)CC2)CCCC1. The zero-order valence-electron chi connectivity index (χ0n) is 16.6. The van der Waals surface area contributed by atoms with Crippen LogP contribution in [-0.4, -0.2) is 49.7 Å². The summed E-state index contributed by atoms with van der Waals surface area (Å²) in [6, 6.07) is 2.25. The predicted octanol–water partition coefficient (Wildman–Crippen LogP) is 3.64. The smallest absolute Gasteiger partial charge is 0.339 e. The Morgan fingerprint density at radius 3 is 1.78 bits per heavy atom. The molecule has 0 radical (unpaired) electrons. The summed E-state index contributed by atoms with van der Waals surface area (Å²) in [6.45, 7) is -0.862. The van der Waals surface area contributed by atoms with E-state index >= 15 is 0 Å². The third-order valence-electron chi connectivity index (χ3n) is 5.81. The van der Waals surface area contributed by atoms with Gasteiger partial charge in [-0.25, -0.2) is 8.42 Å². The number of piperazine rings is 1. The van der Waals surface area contributed by atoms with E-state index in [1.165, 1.54) is 4.90 Å². The molecule has 13 heteroatoms. The van der Waals surface area contributed by atoms with E-state index in [0.29, 0.717) is 25.7 Å². The Morgan fingerprint density at radius 1 is 0.906 bits per heavy atom. The van der Waals surface area contributed by atoms with Crippen molar-refractivity contribution in [3.8, 4) is 6.07 Å². The lowest BCUT2D eigenvalue weighted by Crippen LogP contribution is -2.53. The molecule has 0 unspecified atom stereocenters. The molecule has 2 aliphatic rings. The quantitative estimate of drug-likeness (QED) is 0.615. The number of rotatable bonds is 3. The van der Waals surface area contributed by atoms with Crippen LogP contribution in [0, 0.1) is 16.7 Å². The Morgan fingerprint density at radius 2 is 1.38 bits per heavy atom. The van der Waals surface area contributed by atoms with E-state index < -0.39 is 49.7 Å². The number of hydrogen-bond donors (Lipinski definition) is 0. The van der Waals surface area contributed by atoms with Crippen molar-refractivity contribution in [1.29, 1.82) is 5.26 Å². The van der Waals surface area contributed by atoms with Crippen LogP contribution in [0.1, 0.15) is 36.8 Å². The molecule has 32 heavy (non-hydrogen) atoms. The fourth-order valence-corrected chi connectivity index (χ4v) is 5.50. The highest BCUT2D eigenvalue weighted by Crippen LogP contribution is 2.40. The third-order valence-corrected chi connectivity index (χ3v) is 7.68. The van der Waals surface area contributed by atoms with Gasteiger partial charge in [0.05, 0.1) is 22.1 Å². The normalized spacial score (nSPS) is 20.2. The van der Waals surface area contributed by atoms with Gasteiger partial charge < -0.3 is 4.90 Å². The second-order valence-electron chi connectivity index (χ2n) is 7.84. The maximum Gasteiger partial charge on any atom is 0.416 e. The van der Waals surface area contributed by atoms with Crippen molar-refractivity contribution >= 4 is 15.9 Å². The molecule has 1 saturated carbocycles. The summed E-state index contributed by atoms with van der Waals surface area (Å²) in [5.74, 6) is -0.423. The first-order valence-corrected chi connectivity index (χ1v) is 11.1. The molecule has 0 spiro atoms. The molecule has 0 aromatic heterocycles. The maximum absolute atomic E-state index is 13.1. The molecule has 1 amide bonds. The molecular formula is C19H19F6N3O3S. The summed E-state index contributed by atoms with van der Waals surface area (Å²) < 4.78 is 105. The summed E-state index contributed by atoms with van der Waals surface area (Å²) in [7, 11) is -4.69. The first-order chi connectivity index (χ1) is 14.7. The number of halogens is 6. The highest BCUT2D eigenvalue weighted by molar-refractivity contribution is 7.89. The van der Waals surface area contributed by atoms with E-state index in [2.05, 4.69) is 0 Å². The van der Waals surface area contributed by atoms with Gasteiger partial charge in [-0.05, 0) is 31.0 Å². The Bertz CT molecular complexity index is 1000. The molecular weight excluding hydrogens is 464 g/mol. The minimum absolute atomic E-state index is 0.118. The molecule has 176 valence electrons. The number of hydrogen-bond acceptors (Lipinski definition) is 4. The van der Waals surface area contributed by atoms with Crippen molar-refractivity contribution in [1.82, 2.24) is 9.21 Å². The molecule has 1 aliphatic carbocycles. The van der Waals surface area contributed by atoms with Crippen molar-refractivity contribution in [2.24, 2.45) is 5.41 Å². The van der Waals surface area contributed by atoms with E-state index in [4.69, 9.17) is 0 Å². The minimum atomic E-state index is -5.18. The number of nitriles is 1. The summed E-state index contributed by atoms with van der Waals surface area (Å²) in [6.07, 6.45) is -8.14. The third kappa shape index (κ3) is 4.56. The van der Waals surface area contributed by atoms with Crippen LogP contribution in [0.2, 0.25) is 0 Å². The van der Waals surface area contributed by atoms with Gasteiger partial charge >= 0.3 is 12.4 Å².